The zero-order valence-corrected chi connectivity index (χ0v) is 15.8. The van der Waals surface area contributed by atoms with E-state index in [1.807, 2.05) is 13.1 Å². The van der Waals surface area contributed by atoms with Gasteiger partial charge in [0.05, 0.1) is 17.6 Å². The summed E-state index contributed by atoms with van der Waals surface area (Å²) in [6, 6.07) is 8.74. The molecular formula is C20H29N5O. The Balaban J connectivity index is 1.45. The number of nitrogens with zero attached hydrogens (tertiary/aromatic N) is 4. The van der Waals surface area contributed by atoms with Crippen molar-refractivity contribution in [2.45, 2.75) is 31.8 Å². The summed E-state index contributed by atoms with van der Waals surface area (Å²) in [7, 11) is 4.06. The van der Waals surface area contributed by atoms with E-state index < -0.39 is 0 Å². The summed E-state index contributed by atoms with van der Waals surface area (Å²) < 4.78 is 2.21. The molecule has 2 aliphatic rings. The highest BCUT2D eigenvalue weighted by molar-refractivity contribution is 5.77. The van der Waals surface area contributed by atoms with Crippen LogP contribution in [0.15, 0.2) is 24.3 Å². The van der Waals surface area contributed by atoms with E-state index in [9.17, 15) is 4.79 Å². The molecule has 1 N–H and O–H groups in total. The number of imidazole rings is 1. The first-order valence-corrected chi connectivity index (χ1v) is 9.74. The van der Waals surface area contributed by atoms with Gasteiger partial charge in [0, 0.05) is 45.7 Å². The summed E-state index contributed by atoms with van der Waals surface area (Å²) in [5.41, 5.74) is 2.26. The molecule has 2 fully saturated rings. The lowest BCUT2D eigenvalue weighted by atomic mass is 9.83. The van der Waals surface area contributed by atoms with Crippen molar-refractivity contribution in [2.75, 3.05) is 33.2 Å². The smallest absolute Gasteiger partial charge is 0.222 e. The topological polar surface area (TPSA) is 53.4 Å². The molecule has 0 unspecified atom stereocenters. The Morgan fingerprint density at radius 1 is 1.27 bits per heavy atom. The number of fused-ring (bicyclic) bond motifs is 2. The highest BCUT2D eigenvalue weighted by atomic mass is 16.2. The van der Waals surface area contributed by atoms with Crippen LogP contribution in [-0.4, -0.2) is 64.5 Å². The van der Waals surface area contributed by atoms with Gasteiger partial charge in [-0.25, -0.2) is 4.98 Å². The number of aromatic nitrogens is 2. The first kappa shape index (κ1) is 17.5. The number of amides is 1. The fraction of sp³-hybridized carbons (Fsp3) is 0.600. The lowest BCUT2D eigenvalue weighted by Crippen LogP contribution is -2.56. The van der Waals surface area contributed by atoms with Crippen molar-refractivity contribution < 1.29 is 4.79 Å². The van der Waals surface area contributed by atoms with Gasteiger partial charge in [-0.05, 0) is 37.9 Å². The third-order valence-corrected chi connectivity index (χ3v) is 6.08. The second-order valence-electron chi connectivity index (χ2n) is 7.66. The molecule has 2 saturated heterocycles. The molecule has 0 aliphatic carbocycles. The summed E-state index contributed by atoms with van der Waals surface area (Å²) in [5, 5.41) is 3.18. The lowest BCUT2D eigenvalue weighted by Gasteiger charge is -2.47. The zero-order chi connectivity index (χ0) is 18.1. The van der Waals surface area contributed by atoms with Crippen LogP contribution in [0.25, 0.3) is 11.0 Å². The van der Waals surface area contributed by atoms with E-state index in [0.717, 1.165) is 56.9 Å². The van der Waals surface area contributed by atoms with Gasteiger partial charge in [0.2, 0.25) is 5.91 Å². The number of likely N-dealkylation sites (N-methyl/N-ethyl adjacent to an activating group) is 1. The average molecular weight is 355 g/mol. The quantitative estimate of drug-likeness (QED) is 0.885. The van der Waals surface area contributed by atoms with Crippen LogP contribution >= 0.6 is 0 Å². The van der Waals surface area contributed by atoms with Crippen LogP contribution in [-0.2, 0) is 18.4 Å². The number of carbonyl (C=O) groups excluding carboxylic acids is 1. The molecule has 0 radical (unpaired) electrons. The molecule has 0 saturated carbocycles. The maximum atomic E-state index is 12.3. The number of para-hydroxylation sites is 2. The summed E-state index contributed by atoms with van der Waals surface area (Å²) in [5.74, 6) is 2.06. The second kappa shape index (κ2) is 7.37. The Bertz CT molecular complexity index is 786. The van der Waals surface area contributed by atoms with Gasteiger partial charge < -0.3 is 14.8 Å². The fourth-order valence-electron chi connectivity index (χ4n) is 4.63. The largest absolute Gasteiger partial charge is 0.338 e. The van der Waals surface area contributed by atoms with E-state index in [1.54, 1.807) is 0 Å². The third-order valence-electron chi connectivity index (χ3n) is 6.08. The van der Waals surface area contributed by atoms with Gasteiger partial charge in [-0.3, -0.25) is 9.69 Å². The van der Waals surface area contributed by atoms with Crippen LogP contribution in [0.4, 0.5) is 0 Å². The van der Waals surface area contributed by atoms with E-state index in [4.69, 9.17) is 4.98 Å². The molecule has 26 heavy (non-hydrogen) atoms. The number of piperidine rings is 2. The highest BCUT2D eigenvalue weighted by Gasteiger charge is 2.39. The molecule has 1 aromatic heterocycles. The van der Waals surface area contributed by atoms with Crippen molar-refractivity contribution in [2.24, 2.45) is 13.0 Å². The van der Waals surface area contributed by atoms with Gasteiger partial charge in [0.1, 0.15) is 5.82 Å². The molecule has 6 nitrogen and oxygen atoms in total. The van der Waals surface area contributed by atoms with Crippen LogP contribution in [0.3, 0.4) is 0 Å². The molecule has 0 spiro atoms. The van der Waals surface area contributed by atoms with Crippen LogP contribution in [0, 0.1) is 5.92 Å². The summed E-state index contributed by atoms with van der Waals surface area (Å²) >= 11 is 0. The fourth-order valence-corrected chi connectivity index (χ4v) is 4.63. The first-order valence-electron chi connectivity index (χ1n) is 9.74. The molecule has 2 aromatic rings. The van der Waals surface area contributed by atoms with Gasteiger partial charge in [0.25, 0.3) is 0 Å². The summed E-state index contributed by atoms with van der Waals surface area (Å²) in [6.07, 6.45) is 2.80. The molecule has 140 valence electrons. The number of aryl methyl sites for hydroxylation is 1. The van der Waals surface area contributed by atoms with Crippen molar-refractivity contribution in [3.05, 3.63) is 30.1 Å². The van der Waals surface area contributed by atoms with Gasteiger partial charge in [-0.1, -0.05) is 12.1 Å². The average Bonchev–Trinajstić information content (AvgIpc) is 2.97. The van der Waals surface area contributed by atoms with Crippen molar-refractivity contribution in [1.29, 1.82) is 0 Å². The van der Waals surface area contributed by atoms with Gasteiger partial charge in [0.15, 0.2) is 0 Å². The zero-order valence-electron chi connectivity index (χ0n) is 15.8. The van der Waals surface area contributed by atoms with Crippen LogP contribution in [0.5, 0.6) is 0 Å². The van der Waals surface area contributed by atoms with E-state index >= 15 is 0 Å². The lowest BCUT2D eigenvalue weighted by molar-refractivity contribution is -0.141. The van der Waals surface area contributed by atoms with E-state index in [0.29, 0.717) is 24.3 Å². The minimum atomic E-state index is 0.338. The Morgan fingerprint density at radius 2 is 2.12 bits per heavy atom. The Hall–Kier alpha value is -1.92. The number of likely N-dealkylation sites (tertiary alicyclic amines) is 2. The molecule has 2 atom stereocenters. The highest BCUT2D eigenvalue weighted by Crippen LogP contribution is 2.31. The first-order chi connectivity index (χ1) is 12.7. The number of carbonyl (C=O) groups is 1. The maximum Gasteiger partial charge on any atom is 0.222 e. The standard InChI is InChI=1S/C20H29N5O/c1-21-10-12-25-17-9-11-24(13-15(17)7-8-20(25)26)14-19-22-16-5-3-4-6-18(16)23(19)2/h3-6,15,17,21H,7-14H2,1-2H3/t15-,17+/m0/s1. The van der Waals surface area contributed by atoms with E-state index in [-0.39, 0.29) is 0 Å². The van der Waals surface area contributed by atoms with Gasteiger partial charge in [-0.2, -0.15) is 0 Å². The van der Waals surface area contributed by atoms with Gasteiger partial charge >= 0.3 is 0 Å². The van der Waals surface area contributed by atoms with Crippen molar-refractivity contribution in [3.8, 4) is 0 Å². The Kier molecular flexibility index (Phi) is 4.96. The summed E-state index contributed by atoms with van der Waals surface area (Å²) in [4.78, 5) is 21.8. The SMILES string of the molecule is CNCCN1C(=O)CC[C@H]2CN(Cc3nc4ccccc4n3C)CC[C@H]21. The van der Waals surface area contributed by atoms with Crippen molar-refractivity contribution >= 4 is 16.9 Å². The predicted molar refractivity (Wildman–Crippen MR) is 103 cm³/mol. The monoisotopic (exact) mass is 355 g/mol. The number of hydrogen-bond acceptors (Lipinski definition) is 4. The van der Waals surface area contributed by atoms with Crippen LogP contribution in [0.2, 0.25) is 0 Å². The predicted octanol–water partition coefficient (Wildman–Crippen LogP) is 1.61. The third kappa shape index (κ3) is 3.23. The molecule has 1 aromatic carbocycles. The number of nitrogens with one attached hydrogen (secondary N) is 1. The minimum Gasteiger partial charge on any atom is -0.338 e. The maximum absolute atomic E-state index is 12.3. The molecule has 4 rings (SSSR count). The number of hydrogen-bond donors (Lipinski definition) is 1. The normalized spacial score (nSPS) is 24.2. The molecule has 2 aliphatic heterocycles. The van der Waals surface area contributed by atoms with E-state index in [2.05, 4.69) is 44.9 Å². The number of benzene rings is 1. The van der Waals surface area contributed by atoms with Crippen LogP contribution in [0.1, 0.15) is 25.1 Å². The molecule has 3 heterocycles. The second-order valence-corrected chi connectivity index (χ2v) is 7.66. The molecule has 0 bridgehead atoms. The summed E-state index contributed by atoms with van der Waals surface area (Å²) in [6.45, 7) is 4.70. The number of rotatable bonds is 5. The van der Waals surface area contributed by atoms with Crippen molar-refractivity contribution in [1.82, 2.24) is 24.7 Å². The molecule has 1 amide bonds. The van der Waals surface area contributed by atoms with Gasteiger partial charge in [-0.15, -0.1) is 0 Å². The van der Waals surface area contributed by atoms with Crippen molar-refractivity contribution in [3.63, 3.8) is 0 Å². The van der Waals surface area contributed by atoms with Crippen LogP contribution < -0.4 is 5.32 Å². The minimum absolute atomic E-state index is 0.338. The Morgan fingerprint density at radius 3 is 2.92 bits per heavy atom. The molecule has 6 heteroatoms. The Labute approximate surface area is 155 Å². The molecular weight excluding hydrogens is 326 g/mol. The van der Waals surface area contributed by atoms with E-state index in [1.165, 1.54) is 5.52 Å².